The minimum absolute atomic E-state index is 0.624. The lowest BCUT2D eigenvalue weighted by molar-refractivity contribution is 0.210. The number of hydrogen-bond acceptors (Lipinski definition) is 2. The predicted molar refractivity (Wildman–Crippen MR) is 85.5 cm³/mol. The third-order valence-electron chi connectivity index (χ3n) is 3.33. The summed E-state index contributed by atoms with van der Waals surface area (Å²) >= 11 is 0. The number of unbranched alkanes of at least 4 members (excludes halogenated alkanes) is 1. The third kappa shape index (κ3) is 4.33. The number of amides is 1. The summed E-state index contributed by atoms with van der Waals surface area (Å²) < 4.78 is 0. The van der Waals surface area contributed by atoms with Crippen LogP contribution in [0.1, 0.15) is 18.4 Å². The van der Waals surface area contributed by atoms with Crippen molar-refractivity contribution in [2.24, 2.45) is 5.73 Å². The van der Waals surface area contributed by atoms with E-state index in [4.69, 9.17) is 10.8 Å². The van der Waals surface area contributed by atoms with Gasteiger partial charge in [0.25, 0.3) is 0 Å². The summed E-state index contributed by atoms with van der Waals surface area (Å²) in [7, 11) is 0. The molecule has 0 atom stereocenters. The topological polar surface area (TPSA) is 75.3 Å². The lowest BCUT2D eigenvalue weighted by Crippen LogP contribution is -2.09. The fraction of sp³-hybridized carbons (Fsp3) is 0.235. The van der Waals surface area contributed by atoms with Crippen LogP contribution in [0.4, 0.5) is 10.5 Å². The molecule has 110 valence electrons. The number of carbonyl (C=O) groups is 1. The maximum atomic E-state index is 11.0. The van der Waals surface area contributed by atoms with Crippen molar-refractivity contribution in [3.8, 4) is 11.1 Å². The van der Waals surface area contributed by atoms with Crippen molar-refractivity contribution < 1.29 is 9.90 Å². The quantitative estimate of drug-likeness (QED) is 0.707. The van der Waals surface area contributed by atoms with Crippen LogP contribution in [0, 0.1) is 0 Å². The van der Waals surface area contributed by atoms with Gasteiger partial charge >= 0.3 is 6.09 Å². The molecular weight excluding hydrogens is 264 g/mol. The minimum atomic E-state index is -1.05. The summed E-state index contributed by atoms with van der Waals surface area (Å²) in [5.74, 6) is 0. The number of benzene rings is 2. The Balaban J connectivity index is 2.29. The average Bonchev–Trinajstić information content (AvgIpc) is 2.48. The first kappa shape index (κ1) is 15.1. The number of carboxylic acid groups (broad SMARTS) is 1. The number of anilines is 1. The highest BCUT2D eigenvalue weighted by Gasteiger charge is 2.08. The second-order valence-corrected chi connectivity index (χ2v) is 4.92. The van der Waals surface area contributed by atoms with Crippen molar-refractivity contribution in [2.45, 2.75) is 19.3 Å². The molecule has 0 aliphatic heterocycles. The number of aryl methyl sites for hydroxylation is 1. The maximum absolute atomic E-state index is 11.0. The van der Waals surface area contributed by atoms with Gasteiger partial charge in [0.2, 0.25) is 0 Å². The van der Waals surface area contributed by atoms with Crippen LogP contribution in [-0.4, -0.2) is 17.7 Å². The highest BCUT2D eigenvalue weighted by Crippen LogP contribution is 2.29. The zero-order valence-corrected chi connectivity index (χ0v) is 11.9. The molecule has 0 aliphatic rings. The Morgan fingerprint density at radius 3 is 2.52 bits per heavy atom. The van der Waals surface area contributed by atoms with Crippen molar-refractivity contribution in [3.63, 3.8) is 0 Å². The van der Waals surface area contributed by atoms with E-state index >= 15 is 0 Å². The molecular formula is C17H20N2O2. The van der Waals surface area contributed by atoms with Crippen LogP contribution >= 0.6 is 0 Å². The van der Waals surface area contributed by atoms with Crippen molar-refractivity contribution in [1.29, 1.82) is 0 Å². The molecule has 0 unspecified atom stereocenters. The number of rotatable bonds is 6. The summed E-state index contributed by atoms with van der Waals surface area (Å²) in [6, 6.07) is 15.7. The maximum Gasteiger partial charge on any atom is 0.409 e. The molecule has 2 rings (SSSR count). The Hall–Kier alpha value is -2.33. The van der Waals surface area contributed by atoms with Crippen LogP contribution in [0.15, 0.2) is 48.5 Å². The first-order valence-electron chi connectivity index (χ1n) is 7.09. The molecule has 2 aromatic rings. The van der Waals surface area contributed by atoms with E-state index in [9.17, 15) is 4.79 Å². The molecule has 2 aromatic carbocycles. The molecule has 1 amide bonds. The number of hydrogen-bond donors (Lipinski definition) is 3. The van der Waals surface area contributed by atoms with Gasteiger partial charge in [-0.25, -0.2) is 4.79 Å². The van der Waals surface area contributed by atoms with E-state index in [1.807, 2.05) is 48.5 Å². The standard InChI is InChI=1S/C17H20N2O2/c18-11-5-4-6-13-9-10-15(14-7-2-1-3-8-14)16(12-13)19-17(20)21/h1-3,7-10,12,19H,4-6,11,18H2,(H,20,21). The minimum Gasteiger partial charge on any atom is -0.465 e. The molecule has 0 spiro atoms. The van der Waals surface area contributed by atoms with Gasteiger partial charge in [-0.2, -0.15) is 0 Å². The molecule has 4 heteroatoms. The molecule has 4 N–H and O–H groups in total. The summed E-state index contributed by atoms with van der Waals surface area (Å²) in [5, 5.41) is 11.5. The van der Waals surface area contributed by atoms with Crippen molar-refractivity contribution in [2.75, 3.05) is 11.9 Å². The molecule has 21 heavy (non-hydrogen) atoms. The van der Waals surface area contributed by atoms with Crippen molar-refractivity contribution in [3.05, 3.63) is 54.1 Å². The summed E-state index contributed by atoms with van der Waals surface area (Å²) in [6.45, 7) is 0.683. The lowest BCUT2D eigenvalue weighted by Gasteiger charge is -2.12. The monoisotopic (exact) mass is 284 g/mol. The van der Waals surface area contributed by atoms with E-state index in [0.717, 1.165) is 36.0 Å². The van der Waals surface area contributed by atoms with Crippen molar-refractivity contribution >= 4 is 11.8 Å². The van der Waals surface area contributed by atoms with Crippen molar-refractivity contribution in [1.82, 2.24) is 0 Å². The predicted octanol–water partition coefficient (Wildman–Crippen LogP) is 3.72. The van der Waals surface area contributed by atoms with Crippen LogP contribution in [0.25, 0.3) is 11.1 Å². The Morgan fingerprint density at radius 2 is 1.86 bits per heavy atom. The van der Waals surface area contributed by atoms with Crippen LogP contribution < -0.4 is 11.1 Å². The smallest absolute Gasteiger partial charge is 0.409 e. The first-order valence-corrected chi connectivity index (χ1v) is 7.09. The van der Waals surface area contributed by atoms with E-state index in [1.165, 1.54) is 0 Å². The molecule has 0 saturated heterocycles. The summed E-state index contributed by atoms with van der Waals surface area (Å²) in [6.07, 6.45) is 1.84. The van der Waals surface area contributed by atoms with Crippen LogP contribution in [-0.2, 0) is 6.42 Å². The zero-order chi connectivity index (χ0) is 15.1. The van der Waals surface area contributed by atoms with E-state index in [-0.39, 0.29) is 0 Å². The van der Waals surface area contributed by atoms with E-state index < -0.39 is 6.09 Å². The molecule has 4 nitrogen and oxygen atoms in total. The van der Waals surface area contributed by atoms with Crippen LogP contribution in [0.3, 0.4) is 0 Å². The molecule has 0 radical (unpaired) electrons. The normalized spacial score (nSPS) is 10.3. The molecule has 0 aromatic heterocycles. The van der Waals surface area contributed by atoms with Gasteiger partial charge in [-0.15, -0.1) is 0 Å². The molecule has 0 bridgehead atoms. The van der Waals surface area contributed by atoms with Crippen LogP contribution in [0.5, 0.6) is 0 Å². The zero-order valence-electron chi connectivity index (χ0n) is 11.9. The Labute approximate surface area is 124 Å². The average molecular weight is 284 g/mol. The van der Waals surface area contributed by atoms with E-state index in [0.29, 0.717) is 12.2 Å². The van der Waals surface area contributed by atoms with E-state index in [1.54, 1.807) is 0 Å². The summed E-state index contributed by atoms with van der Waals surface area (Å²) in [4.78, 5) is 11.0. The molecule has 0 heterocycles. The van der Waals surface area contributed by atoms with Gasteiger partial charge in [0, 0.05) is 5.56 Å². The van der Waals surface area contributed by atoms with E-state index in [2.05, 4.69) is 5.32 Å². The Morgan fingerprint density at radius 1 is 1.10 bits per heavy atom. The largest absolute Gasteiger partial charge is 0.465 e. The lowest BCUT2D eigenvalue weighted by atomic mass is 9.99. The summed E-state index contributed by atoms with van der Waals surface area (Å²) in [5.41, 5.74) is 9.12. The highest BCUT2D eigenvalue weighted by atomic mass is 16.4. The second-order valence-electron chi connectivity index (χ2n) is 4.92. The third-order valence-corrected chi connectivity index (χ3v) is 3.33. The molecule has 0 aliphatic carbocycles. The molecule has 0 fully saturated rings. The number of nitrogens with two attached hydrogens (primary N) is 1. The van der Waals surface area contributed by atoms with Gasteiger partial charge in [0.05, 0.1) is 5.69 Å². The van der Waals surface area contributed by atoms with Gasteiger partial charge in [-0.05, 0) is 43.0 Å². The Bertz CT molecular complexity index is 597. The van der Waals surface area contributed by atoms with Gasteiger partial charge in [0.1, 0.15) is 0 Å². The molecule has 0 saturated carbocycles. The van der Waals surface area contributed by atoms with Gasteiger partial charge in [-0.1, -0.05) is 42.5 Å². The van der Waals surface area contributed by atoms with Gasteiger partial charge in [-0.3, -0.25) is 5.32 Å². The van der Waals surface area contributed by atoms with Gasteiger partial charge in [0.15, 0.2) is 0 Å². The number of nitrogens with one attached hydrogen (secondary N) is 1. The fourth-order valence-electron chi connectivity index (χ4n) is 2.31. The highest BCUT2D eigenvalue weighted by molar-refractivity contribution is 5.90. The fourth-order valence-corrected chi connectivity index (χ4v) is 2.31. The Kier molecular flexibility index (Phi) is 5.35. The first-order chi connectivity index (χ1) is 10.2. The second kappa shape index (κ2) is 7.45. The van der Waals surface area contributed by atoms with Gasteiger partial charge < -0.3 is 10.8 Å². The van der Waals surface area contributed by atoms with Crippen LogP contribution in [0.2, 0.25) is 0 Å². The SMILES string of the molecule is NCCCCc1ccc(-c2ccccc2)c(NC(=O)O)c1.